The average Bonchev–Trinajstić information content (AvgIpc) is 2.98. The molecule has 10 heteroatoms. The highest BCUT2D eigenvalue weighted by Crippen LogP contribution is 2.27. The fourth-order valence-electron chi connectivity index (χ4n) is 4.09. The maximum Gasteiger partial charge on any atom is 0.264 e. The molecule has 1 N–H and O–H groups in total. The summed E-state index contributed by atoms with van der Waals surface area (Å²) in [5.41, 5.74) is 1.96. The van der Waals surface area contributed by atoms with E-state index in [1.54, 1.807) is 62.6 Å². The number of anilines is 1. The SMILES string of the molecule is CCC(C)NC(=O)C(C)N(Cc1ccc(OC)cc1)C(=O)CN(c1ccc(OC)cc1)S(=O)(=O)c1ccc(C)cc1. The van der Waals surface area contributed by atoms with Crippen molar-refractivity contribution < 1.29 is 27.5 Å². The Morgan fingerprint density at radius 1 is 0.854 bits per heavy atom. The van der Waals surface area contributed by atoms with E-state index < -0.39 is 28.5 Å². The van der Waals surface area contributed by atoms with Gasteiger partial charge in [-0.25, -0.2) is 8.42 Å². The molecule has 9 nitrogen and oxygen atoms in total. The summed E-state index contributed by atoms with van der Waals surface area (Å²) in [6.45, 7) is 6.94. The van der Waals surface area contributed by atoms with Crippen LogP contribution < -0.4 is 19.1 Å². The van der Waals surface area contributed by atoms with Gasteiger partial charge in [0.05, 0.1) is 24.8 Å². The Kier molecular flexibility index (Phi) is 10.8. The van der Waals surface area contributed by atoms with Crippen molar-refractivity contribution in [3.8, 4) is 11.5 Å². The first-order valence-electron chi connectivity index (χ1n) is 13.5. The molecule has 2 amide bonds. The van der Waals surface area contributed by atoms with Crippen molar-refractivity contribution in [2.24, 2.45) is 0 Å². The highest BCUT2D eigenvalue weighted by Gasteiger charge is 2.32. The highest BCUT2D eigenvalue weighted by atomic mass is 32.2. The van der Waals surface area contributed by atoms with Crippen LogP contribution in [0.25, 0.3) is 0 Å². The fraction of sp³-hybridized carbons (Fsp3) is 0.355. The maximum absolute atomic E-state index is 14.0. The van der Waals surface area contributed by atoms with Gasteiger partial charge in [0.15, 0.2) is 0 Å². The summed E-state index contributed by atoms with van der Waals surface area (Å²) in [6, 6.07) is 19.1. The zero-order chi connectivity index (χ0) is 30.2. The smallest absolute Gasteiger partial charge is 0.264 e. The van der Waals surface area contributed by atoms with Gasteiger partial charge >= 0.3 is 0 Å². The molecule has 0 saturated carbocycles. The van der Waals surface area contributed by atoms with Gasteiger partial charge in [-0.05, 0) is 81.3 Å². The topological polar surface area (TPSA) is 105 Å². The van der Waals surface area contributed by atoms with Gasteiger partial charge in [-0.15, -0.1) is 0 Å². The Hall–Kier alpha value is -4.05. The molecule has 0 aliphatic heterocycles. The van der Waals surface area contributed by atoms with Gasteiger partial charge < -0.3 is 19.7 Å². The summed E-state index contributed by atoms with van der Waals surface area (Å²) in [6.07, 6.45) is 0.727. The van der Waals surface area contributed by atoms with Crippen LogP contribution in [-0.2, 0) is 26.2 Å². The molecule has 3 aromatic carbocycles. The number of rotatable bonds is 13. The summed E-state index contributed by atoms with van der Waals surface area (Å²) < 4.78 is 39.4. The molecule has 0 spiro atoms. The molecular formula is C31H39N3O6S. The van der Waals surface area contributed by atoms with Crippen LogP contribution in [-0.4, -0.2) is 58.0 Å². The van der Waals surface area contributed by atoms with E-state index in [-0.39, 0.29) is 23.4 Å². The minimum Gasteiger partial charge on any atom is -0.497 e. The third-order valence-corrected chi connectivity index (χ3v) is 8.72. The number of nitrogens with one attached hydrogen (secondary N) is 1. The summed E-state index contributed by atoms with van der Waals surface area (Å²) in [4.78, 5) is 28.6. The molecule has 0 fully saturated rings. The van der Waals surface area contributed by atoms with Crippen molar-refractivity contribution >= 4 is 27.5 Å². The maximum atomic E-state index is 14.0. The number of benzene rings is 3. The van der Waals surface area contributed by atoms with Gasteiger partial charge in [-0.3, -0.25) is 13.9 Å². The van der Waals surface area contributed by atoms with E-state index in [1.807, 2.05) is 32.9 Å². The monoisotopic (exact) mass is 581 g/mol. The lowest BCUT2D eigenvalue weighted by atomic mass is 10.1. The predicted octanol–water partition coefficient (Wildman–Crippen LogP) is 4.54. The van der Waals surface area contributed by atoms with Crippen molar-refractivity contribution in [1.29, 1.82) is 0 Å². The van der Waals surface area contributed by atoms with Gasteiger partial charge in [0.1, 0.15) is 24.1 Å². The number of ether oxygens (including phenoxy) is 2. The molecule has 2 atom stereocenters. The van der Waals surface area contributed by atoms with Crippen molar-refractivity contribution in [1.82, 2.24) is 10.2 Å². The number of methoxy groups -OCH3 is 2. The highest BCUT2D eigenvalue weighted by molar-refractivity contribution is 7.92. The van der Waals surface area contributed by atoms with Crippen molar-refractivity contribution in [2.75, 3.05) is 25.1 Å². The van der Waals surface area contributed by atoms with Crippen molar-refractivity contribution in [2.45, 2.75) is 57.6 Å². The number of sulfonamides is 1. The van der Waals surface area contributed by atoms with Gasteiger partial charge in [-0.1, -0.05) is 36.8 Å². The van der Waals surface area contributed by atoms with E-state index >= 15 is 0 Å². The largest absolute Gasteiger partial charge is 0.497 e. The number of carbonyl (C=O) groups excluding carboxylic acids is 2. The molecule has 0 aromatic heterocycles. The zero-order valence-corrected chi connectivity index (χ0v) is 25.3. The summed E-state index contributed by atoms with van der Waals surface area (Å²) in [5, 5.41) is 2.93. The van der Waals surface area contributed by atoms with E-state index in [0.717, 1.165) is 21.9 Å². The Bertz CT molecular complexity index is 1410. The molecule has 0 aliphatic rings. The van der Waals surface area contributed by atoms with Crippen molar-refractivity contribution in [3.63, 3.8) is 0 Å². The summed E-state index contributed by atoms with van der Waals surface area (Å²) >= 11 is 0. The van der Waals surface area contributed by atoms with Crippen LogP contribution >= 0.6 is 0 Å². The molecule has 3 aromatic rings. The first-order chi connectivity index (χ1) is 19.5. The number of amides is 2. The molecule has 41 heavy (non-hydrogen) atoms. The molecule has 0 radical (unpaired) electrons. The predicted molar refractivity (Wildman–Crippen MR) is 160 cm³/mol. The van der Waals surface area contributed by atoms with Gasteiger partial charge in [0.2, 0.25) is 11.8 Å². The van der Waals surface area contributed by atoms with E-state index in [2.05, 4.69) is 5.32 Å². The third kappa shape index (κ3) is 8.00. The quantitative estimate of drug-likeness (QED) is 0.318. The molecule has 0 bridgehead atoms. The Morgan fingerprint density at radius 3 is 1.90 bits per heavy atom. The Labute approximate surface area is 243 Å². The number of aryl methyl sites for hydroxylation is 1. The average molecular weight is 582 g/mol. The van der Waals surface area contributed by atoms with Crippen LogP contribution in [0.3, 0.4) is 0 Å². The minimum absolute atomic E-state index is 0.0518. The second-order valence-electron chi connectivity index (χ2n) is 9.89. The lowest BCUT2D eigenvalue weighted by Crippen LogP contribution is -2.52. The summed E-state index contributed by atoms with van der Waals surface area (Å²) in [7, 11) is -1.06. The number of hydrogen-bond acceptors (Lipinski definition) is 6. The Morgan fingerprint density at radius 2 is 1.39 bits per heavy atom. The minimum atomic E-state index is -4.14. The first-order valence-corrected chi connectivity index (χ1v) is 14.9. The van der Waals surface area contributed by atoms with Crippen LogP contribution in [0.5, 0.6) is 11.5 Å². The molecule has 220 valence electrons. The van der Waals surface area contributed by atoms with E-state index in [9.17, 15) is 18.0 Å². The second kappa shape index (κ2) is 14.0. The number of carbonyl (C=O) groups is 2. The molecule has 3 rings (SSSR count). The molecule has 0 heterocycles. The molecule has 0 saturated heterocycles. The van der Waals surface area contributed by atoms with Crippen LogP contribution in [0.2, 0.25) is 0 Å². The van der Waals surface area contributed by atoms with Gasteiger partial charge in [-0.2, -0.15) is 0 Å². The van der Waals surface area contributed by atoms with Crippen LogP contribution in [0.1, 0.15) is 38.3 Å². The van der Waals surface area contributed by atoms with Crippen molar-refractivity contribution in [3.05, 3.63) is 83.9 Å². The summed E-state index contributed by atoms with van der Waals surface area (Å²) in [5.74, 6) is 0.353. The Balaban J connectivity index is 2.02. The van der Waals surface area contributed by atoms with E-state index in [1.165, 1.54) is 24.1 Å². The number of nitrogens with zero attached hydrogens (tertiary/aromatic N) is 2. The first kappa shape index (κ1) is 31.5. The zero-order valence-electron chi connectivity index (χ0n) is 24.5. The van der Waals surface area contributed by atoms with Gasteiger partial charge in [0, 0.05) is 12.6 Å². The van der Waals surface area contributed by atoms with Crippen LogP contribution in [0.4, 0.5) is 5.69 Å². The standard InChI is InChI=1S/C31H39N3O6S/c1-7-23(3)32-31(36)24(4)33(20-25-10-14-27(39-5)15-11-25)30(35)21-34(26-12-16-28(40-6)17-13-26)41(37,38)29-18-8-22(2)9-19-29/h8-19,23-24H,7,20-21H2,1-6H3,(H,32,36). The fourth-order valence-corrected chi connectivity index (χ4v) is 5.50. The van der Waals surface area contributed by atoms with Crippen LogP contribution in [0.15, 0.2) is 77.7 Å². The molecule has 0 aliphatic carbocycles. The third-order valence-electron chi connectivity index (χ3n) is 6.93. The molecule has 2 unspecified atom stereocenters. The lowest BCUT2D eigenvalue weighted by Gasteiger charge is -2.32. The normalized spacial score (nSPS) is 12.6. The van der Waals surface area contributed by atoms with E-state index in [4.69, 9.17) is 9.47 Å². The van der Waals surface area contributed by atoms with E-state index in [0.29, 0.717) is 17.2 Å². The lowest BCUT2D eigenvalue weighted by molar-refractivity contribution is -0.139. The van der Waals surface area contributed by atoms with Crippen LogP contribution in [0, 0.1) is 6.92 Å². The number of hydrogen-bond donors (Lipinski definition) is 1. The van der Waals surface area contributed by atoms with Gasteiger partial charge in [0.25, 0.3) is 10.0 Å². The molecular weight excluding hydrogens is 542 g/mol. The second-order valence-corrected chi connectivity index (χ2v) is 11.7.